The topological polar surface area (TPSA) is 72.5 Å². The van der Waals surface area contributed by atoms with Crippen LogP contribution >= 0.6 is 0 Å². The lowest BCUT2D eigenvalue weighted by Gasteiger charge is -2.24. The molecule has 1 aliphatic heterocycles. The number of ether oxygens (including phenoxy) is 2. The van der Waals surface area contributed by atoms with Gasteiger partial charge in [0.15, 0.2) is 0 Å². The molecule has 0 spiro atoms. The molecular weight excluding hydrogens is 294 g/mol. The van der Waals surface area contributed by atoms with E-state index >= 15 is 0 Å². The molecule has 2 heterocycles. The van der Waals surface area contributed by atoms with Gasteiger partial charge in [-0.2, -0.15) is 0 Å². The second-order valence-corrected chi connectivity index (χ2v) is 5.42. The molecule has 2 N–H and O–H groups in total. The Labute approximate surface area is 135 Å². The van der Waals surface area contributed by atoms with Gasteiger partial charge in [-0.05, 0) is 12.1 Å². The van der Waals surface area contributed by atoms with Crippen molar-refractivity contribution in [2.75, 3.05) is 40.0 Å². The third-order valence-corrected chi connectivity index (χ3v) is 3.83. The predicted octanol–water partition coefficient (Wildman–Crippen LogP) is 1.27. The van der Waals surface area contributed by atoms with E-state index in [1.807, 2.05) is 30.3 Å². The van der Waals surface area contributed by atoms with Crippen LogP contribution < -0.4 is 10.6 Å². The third kappa shape index (κ3) is 3.67. The van der Waals surface area contributed by atoms with E-state index in [4.69, 9.17) is 9.47 Å². The summed E-state index contributed by atoms with van der Waals surface area (Å²) < 4.78 is 10.7. The average molecular weight is 315 g/mol. The van der Waals surface area contributed by atoms with Crippen molar-refractivity contribution in [2.45, 2.75) is 6.10 Å². The van der Waals surface area contributed by atoms with Gasteiger partial charge in [-0.1, -0.05) is 18.2 Å². The number of nitrogens with zero attached hydrogens (tertiary/aromatic N) is 1. The van der Waals surface area contributed by atoms with Gasteiger partial charge in [0.2, 0.25) is 0 Å². The van der Waals surface area contributed by atoms with Crippen LogP contribution in [0.5, 0.6) is 0 Å². The molecule has 3 rings (SSSR count). The van der Waals surface area contributed by atoms with Crippen molar-refractivity contribution in [3.8, 4) is 0 Å². The fraction of sp³-hybridized carbons (Fsp3) is 0.412. The molecular formula is C17H21N3O3. The molecule has 2 aromatic rings. The van der Waals surface area contributed by atoms with Crippen LogP contribution in [0.25, 0.3) is 10.9 Å². The second kappa shape index (κ2) is 7.50. The Morgan fingerprint density at radius 1 is 1.48 bits per heavy atom. The molecule has 0 saturated carbocycles. The highest BCUT2D eigenvalue weighted by atomic mass is 16.5. The lowest BCUT2D eigenvalue weighted by molar-refractivity contribution is 0.0252. The Bertz CT molecular complexity index is 684. The van der Waals surface area contributed by atoms with Crippen molar-refractivity contribution >= 4 is 16.8 Å². The van der Waals surface area contributed by atoms with Crippen molar-refractivity contribution in [2.24, 2.45) is 0 Å². The number of carbonyl (C=O) groups excluding carboxylic acids is 1. The molecule has 1 atom stereocenters. The number of hydrogen-bond donors (Lipinski definition) is 2. The third-order valence-electron chi connectivity index (χ3n) is 3.83. The van der Waals surface area contributed by atoms with Crippen LogP contribution in [0.15, 0.2) is 30.3 Å². The van der Waals surface area contributed by atoms with E-state index in [2.05, 4.69) is 15.6 Å². The quantitative estimate of drug-likeness (QED) is 0.813. The van der Waals surface area contributed by atoms with Crippen LogP contribution in [0.4, 0.5) is 0 Å². The summed E-state index contributed by atoms with van der Waals surface area (Å²) in [5.74, 6) is -0.120. The van der Waals surface area contributed by atoms with E-state index in [0.29, 0.717) is 31.9 Å². The van der Waals surface area contributed by atoms with Gasteiger partial charge >= 0.3 is 0 Å². The molecule has 1 aromatic heterocycles. The fourth-order valence-electron chi connectivity index (χ4n) is 2.67. The lowest BCUT2D eigenvalue weighted by Crippen LogP contribution is -2.34. The lowest BCUT2D eigenvalue weighted by atomic mass is 10.0. The van der Waals surface area contributed by atoms with Gasteiger partial charge < -0.3 is 20.1 Å². The number of nitrogens with one attached hydrogen (secondary N) is 2. The van der Waals surface area contributed by atoms with Crippen molar-refractivity contribution in [1.29, 1.82) is 0 Å². The summed E-state index contributed by atoms with van der Waals surface area (Å²) in [6.45, 7) is 3.15. The molecule has 1 saturated heterocycles. The van der Waals surface area contributed by atoms with Crippen LogP contribution in [-0.4, -0.2) is 50.8 Å². The number of rotatable bonds is 5. The first-order chi connectivity index (χ1) is 11.3. The van der Waals surface area contributed by atoms with Gasteiger partial charge in [0, 0.05) is 32.1 Å². The van der Waals surface area contributed by atoms with Crippen LogP contribution in [0, 0.1) is 0 Å². The van der Waals surface area contributed by atoms with E-state index in [9.17, 15) is 4.79 Å². The highest BCUT2D eigenvalue weighted by molar-refractivity contribution is 6.06. The number of amides is 1. The maximum Gasteiger partial charge on any atom is 0.252 e. The van der Waals surface area contributed by atoms with Gasteiger partial charge in [0.05, 0.1) is 30.0 Å². The smallest absolute Gasteiger partial charge is 0.252 e. The summed E-state index contributed by atoms with van der Waals surface area (Å²) in [4.78, 5) is 17.2. The largest absolute Gasteiger partial charge is 0.383 e. The van der Waals surface area contributed by atoms with E-state index < -0.39 is 0 Å². The number of para-hydroxylation sites is 1. The van der Waals surface area contributed by atoms with Crippen LogP contribution in [0.1, 0.15) is 22.2 Å². The highest BCUT2D eigenvalue weighted by Crippen LogP contribution is 2.24. The van der Waals surface area contributed by atoms with Gasteiger partial charge in [0.25, 0.3) is 5.91 Å². The first-order valence-corrected chi connectivity index (χ1v) is 7.78. The zero-order valence-corrected chi connectivity index (χ0v) is 13.2. The maximum absolute atomic E-state index is 12.5. The van der Waals surface area contributed by atoms with Crippen molar-refractivity contribution in [1.82, 2.24) is 15.6 Å². The minimum absolute atomic E-state index is 0.120. The second-order valence-electron chi connectivity index (χ2n) is 5.42. The molecule has 0 bridgehead atoms. The first kappa shape index (κ1) is 15.9. The minimum Gasteiger partial charge on any atom is -0.383 e. The number of morpholine rings is 1. The number of pyridine rings is 1. The summed E-state index contributed by atoms with van der Waals surface area (Å²) in [6.07, 6.45) is -0.126. The number of benzene rings is 1. The van der Waals surface area contributed by atoms with E-state index in [1.54, 1.807) is 7.11 Å². The fourth-order valence-corrected chi connectivity index (χ4v) is 2.67. The molecule has 1 unspecified atom stereocenters. The standard InChI is InChI=1S/C17H21N3O3/c1-22-8-7-19-17(21)13-10-15(16-11-18-6-9-23-16)20-14-5-3-2-4-12(13)14/h2-5,10,16,18H,6-9,11H2,1H3,(H,19,21). The molecule has 1 aliphatic rings. The number of carbonyl (C=O) groups is 1. The minimum atomic E-state index is -0.126. The number of fused-ring (bicyclic) bond motifs is 1. The number of hydrogen-bond acceptors (Lipinski definition) is 5. The first-order valence-electron chi connectivity index (χ1n) is 7.78. The molecule has 1 aromatic carbocycles. The zero-order valence-electron chi connectivity index (χ0n) is 13.2. The van der Waals surface area contributed by atoms with E-state index in [0.717, 1.165) is 23.1 Å². The van der Waals surface area contributed by atoms with E-state index in [1.165, 1.54) is 0 Å². The molecule has 23 heavy (non-hydrogen) atoms. The Kier molecular flexibility index (Phi) is 5.17. The SMILES string of the molecule is COCCNC(=O)c1cc(C2CNCCO2)nc2ccccc12. The summed E-state index contributed by atoms with van der Waals surface area (Å²) in [5.41, 5.74) is 2.21. The molecule has 6 nitrogen and oxygen atoms in total. The summed E-state index contributed by atoms with van der Waals surface area (Å²) in [6, 6.07) is 9.50. The molecule has 122 valence electrons. The monoisotopic (exact) mass is 315 g/mol. The molecule has 1 amide bonds. The normalized spacial score (nSPS) is 18.0. The highest BCUT2D eigenvalue weighted by Gasteiger charge is 2.20. The van der Waals surface area contributed by atoms with Crippen LogP contribution in [-0.2, 0) is 9.47 Å². The van der Waals surface area contributed by atoms with Gasteiger partial charge in [-0.3, -0.25) is 4.79 Å². The van der Waals surface area contributed by atoms with E-state index in [-0.39, 0.29) is 12.0 Å². The molecule has 0 radical (unpaired) electrons. The number of methoxy groups -OCH3 is 1. The molecule has 1 fully saturated rings. The van der Waals surface area contributed by atoms with Crippen molar-refractivity contribution in [3.63, 3.8) is 0 Å². The van der Waals surface area contributed by atoms with Gasteiger partial charge in [-0.15, -0.1) is 0 Å². The Hall–Kier alpha value is -2.02. The Morgan fingerprint density at radius 3 is 3.13 bits per heavy atom. The predicted molar refractivity (Wildman–Crippen MR) is 87.5 cm³/mol. The Morgan fingerprint density at radius 2 is 2.35 bits per heavy atom. The van der Waals surface area contributed by atoms with Crippen molar-refractivity contribution < 1.29 is 14.3 Å². The molecule has 6 heteroatoms. The Balaban J connectivity index is 1.95. The summed E-state index contributed by atoms with van der Waals surface area (Å²) >= 11 is 0. The summed E-state index contributed by atoms with van der Waals surface area (Å²) in [5, 5.41) is 7.01. The van der Waals surface area contributed by atoms with Crippen LogP contribution in [0.3, 0.4) is 0 Å². The molecule has 0 aliphatic carbocycles. The maximum atomic E-state index is 12.5. The van der Waals surface area contributed by atoms with Crippen molar-refractivity contribution in [3.05, 3.63) is 41.6 Å². The van der Waals surface area contributed by atoms with Crippen LogP contribution in [0.2, 0.25) is 0 Å². The van der Waals surface area contributed by atoms with Gasteiger partial charge in [-0.25, -0.2) is 4.98 Å². The number of aromatic nitrogens is 1. The zero-order chi connectivity index (χ0) is 16.1. The summed E-state index contributed by atoms with van der Waals surface area (Å²) in [7, 11) is 1.61. The van der Waals surface area contributed by atoms with Gasteiger partial charge in [0.1, 0.15) is 6.10 Å². The average Bonchev–Trinajstić information content (AvgIpc) is 2.61.